The quantitative estimate of drug-likeness (QED) is 0.924. The first-order valence-corrected chi connectivity index (χ1v) is 5.97. The highest BCUT2D eigenvalue weighted by atomic mass is 35.5. The van der Waals surface area contributed by atoms with Gasteiger partial charge in [0.2, 0.25) is 0 Å². The maximum Gasteiger partial charge on any atom is 0.137 e. The number of benzene rings is 1. The Labute approximate surface area is 111 Å². The second-order valence-electron chi connectivity index (χ2n) is 4.07. The first-order chi connectivity index (χ1) is 8.61. The third-order valence-electron chi connectivity index (χ3n) is 2.86. The van der Waals surface area contributed by atoms with Gasteiger partial charge in [0.1, 0.15) is 11.6 Å². The molecular weight excluding hydrogens is 252 g/mol. The van der Waals surface area contributed by atoms with Crippen LogP contribution >= 0.6 is 11.6 Å². The molecule has 2 aromatic rings. The number of hydrogen-bond donors (Lipinski definition) is 1. The van der Waals surface area contributed by atoms with Crippen molar-refractivity contribution in [2.24, 2.45) is 7.05 Å². The molecule has 0 aliphatic heterocycles. The molecule has 0 amide bonds. The van der Waals surface area contributed by atoms with Crippen LogP contribution < -0.4 is 4.74 Å². The number of hydrogen-bond acceptors (Lipinski definition) is 3. The van der Waals surface area contributed by atoms with Crippen molar-refractivity contribution in [3.05, 3.63) is 47.0 Å². The number of methoxy groups -OCH3 is 1. The smallest absolute Gasteiger partial charge is 0.137 e. The van der Waals surface area contributed by atoms with Crippen molar-refractivity contribution in [3.63, 3.8) is 0 Å². The van der Waals surface area contributed by atoms with E-state index in [1.54, 1.807) is 31.5 Å². The maximum atomic E-state index is 10.2. The highest BCUT2D eigenvalue weighted by molar-refractivity contribution is 6.32. The molecule has 1 unspecified atom stereocenters. The van der Waals surface area contributed by atoms with Gasteiger partial charge in [-0.2, -0.15) is 0 Å². The zero-order valence-electron chi connectivity index (χ0n) is 10.3. The number of nitrogens with zero attached hydrogens (tertiary/aromatic N) is 2. The van der Waals surface area contributed by atoms with E-state index in [1.807, 2.05) is 17.8 Å². The molecule has 0 spiro atoms. The highest BCUT2D eigenvalue weighted by Crippen LogP contribution is 2.28. The van der Waals surface area contributed by atoms with Gasteiger partial charge in [-0.15, -0.1) is 0 Å². The van der Waals surface area contributed by atoms with Crippen LogP contribution in [0.2, 0.25) is 5.02 Å². The predicted molar refractivity (Wildman–Crippen MR) is 69.9 cm³/mol. The number of imidazole rings is 1. The maximum absolute atomic E-state index is 10.2. The summed E-state index contributed by atoms with van der Waals surface area (Å²) < 4.78 is 6.96. The van der Waals surface area contributed by atoms with Gasteiger partial charge in [0.15, 0.2) is 0 Å². The fourth-order valence-corrected chi connectivity index (χ4v) is 2.04. The van der Waals surface area contributed by atoms with E-state index < -0.39 is 6.10 Å². The van der Waals surface area contributed by atoms with Gasteiger partial charge < -0.3 is 14.4 Å². The lowest BCUT2D eigenvalue weighted by molar-refractivity contribution is 0.175. The predicted octanol–water partition coefficient (Wildman–Crippen LogP) is 2.36. The summed E-state index contributed by atoms with van der Waals surface area (Å²) in [6.45, 7) is 0. The van der Waals surface area contributed by atoms with E-state index in [4.69, 9.17) is 16.3 Å². The van der Waals surface area contributed by atoms with Crippen molar-refractivity contribution < 1.29 is 9.84 Å². The van der Waals surface area contributed by atoms with E-state index in [2.05, 4.69) is 4.98 Å². The van der Waals surface area contributed by atoms with Gasteiger partial charge in [-0.05, 0) is 17.7 Å². The van der Waals surface area contributed by atoms with Gasteiger partial charge in [-0.3, -0.25) is 0 Å². The van der Waals surface area contributed by atoms with Crippen LogP contribution in [-0.2, 0) is 13.5 Å². The molecule has 0 saturated carbocycles. The van der Waals surface area contributed by atoms with Gasteiger partial charge in [0.05, 0.1) is 18.2 Å². The lowest BCUT2D eigenvalue weighted by atomic mass is 10.1. The average Bonchev–Trinajstić information content (AvgIpc) is 2.75. The van der Waals surface area contributed by atoms with Crippen LogP contribution in [0.5, 0.6) is 5.75 Å². The van der Waals surface area contributed by atoms with Gasteiger partial charge in [0.25, 0.3) is 0 Å². The average molecular weight is 267 g/mol. The second-order valence-corrected chi connectivity index (χ2v) is 4.48. The molecule has 18 heavy (non-hydrogen) atoms. The van der Waals surface area contributed by atoms with Crippen LogP contribution in [0.15, 0.2) is 30.6 Å². The molecule has 0 saturated heterocycles. The summed E-state index contributed by atoms with van der Waals surface area (Å²) in [5, 5.41) is 10.6. The van der Waals surface area contributed by atoms with Gasteiger partial charge in [-0.1, -0.05) is 17.7 Å². The Morgan fingerprint density at radius 1 is 1.50 bits per heavy atom. The highest BCUT2D eigenvalue weighted by Gasteiger charge is 2.13. The normalized spacial score (nSPS) is 12.4. The molecule has 1 heterocycles. The molecule has 1 aromatic carbocycles. The summed E-state index contributed by atoms with van der Waals surface area (Å²) in [6, 6.07) is 5.27. The van der Waals surface area contributed by atoms with Crippen molar-refractivity contribution in [2.45, 2.75) is 12.5 Å². The topological polar surface area (TPSA) is 47.3 Å². The van der Waals surface area contributed by atoms with Crippen LogP contribution in [0, 0.1) is 0 Å². The molecule has 2 rings (SSSR count). The van der Waals surface area contributed by atoms with Crippen LogP contribution in [0.4, 0.5) is 0 Å². The summed E-state index contributed by atoms with van der Waals surface area (Å²) in [6.07, 6.45) is 3.38. The molecular formula is C13H15ClN2O2. The summed E-state index contributed by atoms with van der Waals surface area (Å²) >= 11 is 6.03. The van der Waals surface area contributed by atoms with Crippen LogP contribution in [0.25, 0.3) is 0 Å². The minimum absolute atomic E-state index is 0.451. The van der Waals surface area contributed by atoms with Crippen LogP contribution in [-0.4, -0.2) is 21.8 Å². The first kappa shape index (κ1) is 12.9. The van der Waals surface area contributed by atoms with Crippen LogP contribution in [0.3, 0.4) is 0 Å². The monoisotopic (exact) mass is 266 g/mol. The Kier molecular flexibility index (Phi) is 3.89. The lowest BCUT2D eigenvalue weighted by Gasteiger charge is -2.12. The molecule has 0 fully saturated rings. The fourth-order valence-electron chi connectivity index (χ4n) is 1.77. The Morgan fingerprint density at radius 2 is 2.28 bits per heavy atom. The number of aliphatic hydroxyl groups excluding tert-OH is 1. The van der Waals surface area contributed by atoms with E-state index in [-0.39, 0.29) is 0 Å². The van der Waals surface area contributed by atoms with Gasteiger partial charge in [0, 0.05) is 25.9 Å². The van der Waals surface area contributed by atoms with E-state index in [1.165, 1.54) is 0 Å². The first-order valence-electron chi connectivity index (χ1n) is 5.59. The molecule has 0 aliphatic carbocycles. The van der Waals surface area contributed by atoms with Gasteiger partial charge in [-0.25, -0.2) is 4.98 Å². The summed E-state index contributed by atoms with van der Waals surface area (Å²) in [5.74, 6) is 1.43. The largest absolute Gasteiger partial charge is 0.495 e. The number of rotatable bonds is 4. The van der Waals surface area contributed by atoms with E-state index >= 15 is 0 Å². The Hall–Kier alpha value is -1.52. The molecule has 1 aromatic heterocycles. The molecule has 0 bridgehead atoms. The standard InChI is InChI=1S/C13H15ClN2O2/c1-16-6-5-15-13(16)8-11(17)9-3-4-12(18-2)10(14)7-9/h3-7,11,17H,8H2,1-2H3. The number of ether oxygens (including phenoxy) is 1. The second kappa shape index (κ2) is 5.42. The van der Waals surface area contributed by atoms with E-state index in [0.717, 1.165) is 11.4 Å². The number of halogens is 1. The Bertz CT molecular complexity index is 540. The Balaban J connectivity index is 2.16. The zero-order chi connectivity index (χ0) is 13.1. The molecule has 96 valence electrons. The molecule has 5 heteroatoms. The van der Waals surface area contributed by atoms with Gasteiger partial charge >= 0.3 is 0 Å². The lowest BCUT2D eigenvalue weighted by Crippen LogP contribution is -2.06. The summed E-state index contributed by atoms with van der Waals surface area (Å²) in [4.78, 5) is 4.18. The third-order valence-corrected chi connectivity index (χ3v) is 3.15. The molecule has 0 radical (unpaired) electrons. The van der Waals surface area contributed by atoms with Crippen molar-refractivity contribution in [1.82, 2.24) is 9.55 Å². The number of aliphatic hydroxyl groups is 1. The number of aromatic nitrogens is 2. The molecule has 1 atom stereocenters. The summed E-state index contributed by atoms with van der Waals surface area (Å²) in [5.41, 5.74) is 0.754. The van der Waals surface area contributed by atoms with Crippen LogP contribution in [0.1, 0.15) is 17.5 Å². The van der Waals surface area contributed by atoms with Crippen molar-refractivity contribution in [1.29, 1.82) is 0 Å². The molecule has 4 nitrogen and oxygen atoms in total. The molecule has 1 N–H and O–H groups in total. The van der Waals surface area contributed by atoms with E-state index in [0.29, 0.717) is 17.2 Å². The Morgan fingerprint density at radius 3 is 2.83 bits per heavy atom. The van der Waals surface area contributed by atoms with Crippen molar-refractivity contribution >= 4 is 11.6 Å². The summed E-state index contributed by atoms with van der Waals surface area (Å²) in [7, 11) is 3.46. The minimum atomic E-state index is -0.630. The fraction of sp³-hybridized carbons (Fsp3) is 0.308. The molecule has 0 aliphatic rings. The zero-order valence-corrected chi connectivity index (χ0v) is 11.1. The van der Waals surface area contributed by atoms with Crippen molar-refractivity contribution in [3.8, 4) is 5.75 Å². The third kappa shape index (κ3) is 2.66. The SMILES string of the molecule is COc1ccc(C(O)Cc2nccn2C)cc1Cl. The minimum Gasteiger partial charge on any atom is -0.495 e. The van der Waals surface area contributed by atoms with E-state index in [9.17, 15) is 5.11 Å². The van der Waals surface area contributed by atoms with Crippen molar-refractivity contribution in [2.75, 3.05) is 7.11 Å². The number of aryl methyl sites for hydroxylation is 1.